The van der Waals surface area contributed by atoms with Gasteiger partial charge in [-0.2, -0.15) is 0 Å². The Morgan fingerprint density at radius 2 is 1.12 bits per heavy atom. The van der Waals surface area contributed by atoms with Crippen molar-refractivity contribution in [2.75, 3.05) is 32.7 Å². The average molecular weight is 459 g/mol. The second kappa shape index (κ2) is 25.1. The number of piperazine rings is 1. The van der Waals surface area contributed by atoms with Crippen molar-refractivity contribution in [2.45, 2.75) is 142 Å². The molecule has 1 amide bonds. The van der Waals surface area contributed by atoms with Crippen LogP contribution in [0.15, 0.2) is 0 Å². The lowest BCUT2D eigenvalue weighted by molar-refractivity contribution is -0.142. The smallest absolute Gasteiger partial charge is 0.228 e. The van der Waals surface area contributed by atoms with Crippen LogP contribution in [0.3, 0.4) is 0 Å². The van der Waals surface area contributed by atoms with Crippen LogP contribution >= 0.6 is 0 Å². The van der Waals surface area contributed by atoms with E-state index >= 15 is 0 Å². The largest absolute Gasteiger partial charge is 0.340 e. The number of carbonyl (C=O) groups is 1. The molecule has 1 fully saturated rings. The van der Waals surface area contributed by atoms with E-state index < -0.39 is 0 Å². The minimum atomic E-state index is -0.213. The van der Waals surface area contributed by atoms with Crippen molar-refractivity contribution in [3.63, 3.8) is 0 Å². The van der Waals surface area contributed by atoms with Crippen molar-refractivity contribution in [2.24, 2.45) is 10.8 Å². The standard InChI is InChI=1S/C20H40N2O.C3H8.3C2H6/c1-7-10-19(3,4)11-9-12-20(5,6)18(23)22-16-14-21(13-8-2)15-17-22;1-3-2;3*1-2/h7-17H2,1-6H3;3H2,1-2H3;3*1-2H3. The van der Waals surface area contributed by atoms with E-state index in [-0.39, 0.29) is 5.41 Å². The second-order valence-electron chi connectivity index (χ2n) is 9.49. The molecule has 0 aromatic heterocycles. The summed E-state index contributed by atoms with van der Waals surface area (Å²) in [7, 11) is 0. The maximum absolute atomic E-state index is 12.9. The number of hydrogen-bond acceptors (Lipinski definition) is 2. The van der Waals surface area contributed by atoms with E-state index in [0.717, 1.165) is 45.6 Å². The molecule has 1 aliphatic heterocycles. The van der Waals surface area contributed by atoms with Gasteiger partial charge in [-0.15, -0.1) is 0 Å². The highest BCUT2D eigenvalue weighted by molar-refractivity contribution is 5.82. The monoisotopic (exact) mass is 459 g/mol. The third-order valence-corrected chi connectivity index (χ3v) is 5.36. The van der Waals surface area contributed by atoms with Crippen LogP contribution in [0.4, 0.5) is 0 Å². The molecule has 0 radical (unpaired) electrons. The average Bonchev–Trinajstić information content (AvgIpc) is 2.78. The molecule has 198 valence electrons. The summed E-state index contributed by atoms with van der Waals surface area (Å²) in [4.78, 5) is 17.4. The van der Waals surface area contributed by atoms with Crippen molar-refractivity contribution >= 4 is 5.91 Å². The highest BCUT2D eigenvalue weighted by Gasteiger charge is 2.33. The molecule has 0 unspecified atom stereocenters. The molecule has 1 rings (SSSR count). The van der Waals surface area contributed by atoms with Gasteiger partial charge in [0.1, 0.15) is 0 Å². The van der Waals surface area contributed by atoms with E-state index in [1.165, 1.54) is 32.1 Å². The van der Waals surface area contributed by atoms with E-state index in [4.69, 9.17) is 0 Å². The zero-order valence-electron chi connectivity index (χ0n) is 25.3. The number of nitrogens with zero attached hydrogens (tertiary/aromatic N) is 2. The van der Waals surface area contributed by atoms with Crippen molar-refractivity contribution in [1.29, 1.82) is 0 Å². The Labute approximate surface area is 206 Å². The van der Waals surface area contributed by atoms with Gasteiger partial charge in [-0.25, -0.2) is 0 Å². The SMILES string of the molecule is CC.CC.CC.CCC.CCCN1CCN(C(=O)C(C)(C)CCCC(C)(C)CCC)CC1. The summed E-state index contributed by atoms with van der Waals surface area (Å²) in [5.74, 6) is 0.363. The molecular weight excluding hydrogens is 392 g/mol. The van der Waals surface area contributed by atoms with Crippen LogP contribution in [0.5, 0.6) is 0 Å². The van der Waals surface area contributed by atoms with Gasteiger partial charge in [0.15, 0.2) is 0 Å². The molecule has 0 saturated carbocycles. The predicted molar refractivity (Wildman–Crippen MR) is 150 cm³/mol. The fraction of sp³-hybridized carbons (Fsp3) is 0.966. The molecule has 0 aromatic carbocycles. The Kier molecular flexibility index (Phi) is 30.3. The molecular formula is C29H66N2O. The minimum Gasteiger partial charge on any atom is -0.340 e. The topological polar surface area (TPSA) is 23.6 Å². The van der Waals surface area contributed by atoms with Gasteiger partial charge >= 0.3 is 0 Å². The Hall–Kier alpha value is -0.570. The zero-order chi connectivity index (χ0) is 26.2. The number of carbonyl (C=O) groups excluding carboxylic acids is 1. The Morgan fingerprint density at radius 1 is 0.688 bits per heavy atom. The van der Waals surface area contributed by atoms with Gasteiger partial charge in [0.25, 0.3) is 0 Å². The first-order chi connectivity index (χ1) is 15.1. The maximum atomic E-state index is 12.9. The van der Waals surface area contributed by atoms with Gasteiger partial charge in [-0.1, -0.05) is 116 Å². The first-order valence-corrected chi connectivity index (χ1v) is 14.1. The van der Waals surface area contributed by atoms with Crippen LogP contribution in [-0.4, -0.2) is 48.4 Å². The fourth-order valence-electron chi connectivity index (χ4n) is 3.84. The lowest BCUT2D eigenvalue weighted by atomic mass is 9.78. The van der Waals surface area contributed by atoms with E-state index in [2.05, 4.69) is 65.2 Å². The highest BCUT2D eigenvalue weighted by Crippen LogP contribution is 2.33. The number of amides is 1. The normalized spacial score (nSPS) is 13.8. The first kappa shape index (κ1) is 38.7. The summed E-state index contributed by atoms with van der Waals surface area (Å²) in [6, 6.07) is 0. The fourth-order valence-corrected chi connectivity index (χ4v) is 3.84. The number of rotatable bonds is 9. The van der Waals surface area contributed by atoms with Gasteiger partial charge in [-0.3, -0.25) is 9.69 Å². The molecule has 0 atom stereocenters. The van der Waals surface area contributed by atoms with E-state index in [1.807, 2.05) is 41.5 Å². The van der Waals surface area contributed by atoms with Crippen LogP contribution in [0.1, 0.15) is 142 Å². The van der Waals surface area contributed by atoms with E-state index in [0.29, 0.717) is 11.3 Å². The molecule has 3 nitrogen and oxygen atoms in total. The summed E-state index contributed by atoms with van der Waals surface area (Å²) in [5, 5.41) is 0. The molecule has 1 saturated heterocycles. The van der Waals surface area contributed by atoms with Crippen molar-refractivity contribution in [3.05, 3.63) is 0 Å². The van der Waals surface area contributed by atoms with Gasteiger partial charge in [0.05, 0.1) is 0 Å². The molecule has 0 aliphatic carbocycles. The predicted octanol–water partition coefficient (Wildman–Crippen LogP) is 9.06. The lowest BCUT2D eigenvalue weighted by Crippen LogP contribution is -2.52. The van der Waals surface area contributed by atoms with Crippen LogP contribution in [0.25, 0.3) is 0 Å². The third-order valence-electron chi connectivity index (χ3n) is 5.36. The molecule has 32 heavy (non-hydrogen) atoms. The van der Waals surface area contributed by atoms with Gasteiger partial charge in [-0.05, 0) is 37.6 Å². The van der Waals surface area contributed by atoms with Crippen molar-refractivity contribution in [3.8, 4) is 0 Å². The Balaban J connectivity index is -0.000000381. The molecule has 0 N–H and O–H groups in total. The van der Waals surface area contributed by atoms with Gasteiger partial charge in [0.2, 0.25) is 5.91 Å². The van der Waals surface area contributed by atoms with Gasteiger partial charge < -0.3 is 4.90 Å². The van der Waals surface area contributed by atoms with Crippen LogP contribution in [0, 0.1) is 10.8 Å². The molecule has 0 bridgehead atoms. The first-order valence-electron chi connectivity index (χ1n) is 14.1. The minimum absolute atomic E-state index is 0.213. The number of hydrogen-bond donors (Lipinski definition) is 0. The molecule has 1 heterocycles. The molecule has 0 spiro atoms. The summed E-state index contributed by atoms with van der Waals surface area (Å²) in [6.45, 7) is 34.8. The van der Waals surface area contributed by atoms with Crippen LogP contribution in [-0.2, 0) is 4.79 Å². The summed E-state index contributed by atoms with van der Waals surface area (Å²) in [6.07, 6.45) is 8.36. The lowest BCUT2D eigenvalue weighted by Gasteiger charge is -2.39. The summed E-state index contributed by atoms with van der Waals surface area (Å²) in [5.41, 5.74) is 0.203. The summed E-state index contributed by atoms with van der Waals surface area (Å²) < 4.78 is 0. The zero-order valence-corrected chi connectivity index (χ0v) is 25.3. The second-order valence-corrected chi connectivity index (χ2v) is 9.49. The van der Waals surface area contributed by atoms with Crippen molar-refractivity contribution < 1.29 is 4.79 Å². The molecule has 3 heteroatoms. The van der Waals surface area contributed by atoms with E-state index in [9.17, 15) is 4.79 Å². The third kappa shape index (κ3) is 20.1. The van der Waals surface area contributed by atoms with Crippen molar-refractivity contribution in [1.82, 2.24) is 9.80 Å². The highest BCUT2D eigenvalue weighted by atomic mass is 16.2. The molecule has 0 aromatic rings. The van der Waals surface area contributed by atoms with Gasteiger partial charge in [0, 0.05) is 31.6 Å². The Morgan fingerprint density at radius 3 is 1.50 bits per heavy atom. The maximum Gasteiger partial charge on any atom is 0.228 e. The van der Waals surface area contributed by atoms with Crippen LogP contribution < -0.4 is 0 Å². The van der Waals surface area contributed by atoms with Crippen LogP contribution in [0.2, 0.25) is 0 Å². The summed E-state index contributed by atoms with van der Waals surface area (Å²) >= 11 is 0. The Bertz CT molecular complexity index is 369. The van der Waals surface area contributed by atoms with E-state index in [1.54, 1.807) is 0 Å². The molecule has 1 aliphatic rings. The quantitative estimate of drug-likeness (QED) is 0.344.